The van der Waals surface area contributed by atoms with Gasteiger partial charge in [-0.15, -0.1) is 0 Å². The molecule has 0 saturated heterocycles. The molecule has 8 heteroatoms. The number of hydrogen-bond acceptors (Lipinski definition) is 1. The van der Waals surface area contributed by atoms with E-state index in [2.05, 4.69) is 4.98 Å². The van der Waals surface area contributed by atoms with Crippen molar-refractivity contribution in [2.75, 3.05) is 0 Å². The average Bonchev–Trinajstić information content (AvgIpc) is 2.25. The van der Waals surface area contributed by atoms with Crippen LogP contribution < -0.4 is 0 Å². The fourth-order valence-corrected chi connectivity index (χ4v) is 1.97. The molecule has 1 aromatic heterocycles. The number of pyridine rings is 1. The fourth-order valence-electron chi connectivity index (χ4n) is 1.72. The number of rotatable bonds is 0. The van der Waals surface area contributed by atoms with Crippen LogP contribution >= 0.6 is 11.6 Å². The van der Waals surface area contributed by atoms with Gasteiger partial charge in [0.15, 0.2) is 0 Å². The average molecular weight is 300 g/mol. The summed E-state index contributed by atoms with van der Waals surface area (Å²) < 4.78 is 76.4. The third-order valence-corrected chi connectivity index (χ3v) is 2.77. The Hall–Kier alpha value is -1.50. The smallest absolute Gasteiger partial charge is 0.243 e. The van der Waals surface area contributed by atoms with E-state index in [-0.39, 0.29) is 0 Å². The van der Waals surface area contributed by atoms with Crippen LogP contribution in [0, 0.1) is 0 Å². The van der Waals surface area contributed by atoms with Gasteiger partial charge < -0.3 is 0 Å². The van der Waals surface area contributed by atoms with Gasteiger partial charge in [-0.3, -0.25) is 0 Å². The van der Waals surface area contributed by atoms with Crippen molar-refractivity contribution in [1.29, 1.82) is 0 Å². The zero-order valence-corrected chi connectivity index (χ0v) is 9.66. The molecule has 2 aromatic rings. The summed E-state index contributed by atoms with van der Waals surface area (Å²) in [5, 5.41) is -1.98. The Labute approximate surface area is 107 Å². The van der Waals surface area contributed by atoms with Gasteiger partial charge in [0, 0.05) is 11.6 Å². The molecule has 1 nitrogen and oxygen atoms in total. The summed E-state index contributed by atoms with van der Waals surface area (Å²) in [7, 11) is 0. The first-order valence-electron chi connectivity index (χ1n) is 4.84. The van der Waals surface area contributed by atoms with E-state index >= 15 is 0 Å². The van der Waals surface area contributed by atoms with Crippen LogP contribution in [-0.2, 0) is 12.4 Å². The maximum absolute atomic E-state index is 12.8. The second kappa shape index (κ2) is 4.26. The lowest BCUT2D eigenvalue weighted by atomic mass is 10.0. The Bertz CT molecular complexity index is 631. The molecule has 0 atom stereocenters. The molecule has 19 heavy (non-hydrogen) atoms. The summed E-state index contributed by atoms with van der Waals surface area (Å²) in [4.78, 5) is 3.19. The first-order valence-corrected chi connectivity index (χ1v) is 5.22. The van der Waals surface area contributed by atoms with Crippen LogP contribution in [0.4, 0.5) is 26.3 Å². The molecule has 0 spiro atoms. The highest BCUT2D eigenvalue weighted by Crippen LogP contribution is 2.41. The van der Waals surface area contributed by atoms with E-state index in [9.17, 15) is 26.3 Å². The van der Waals surface area contributed by atoms with Crippen molar-refractivity contribution in [3.63, 3.8) is 0 Å². The Balaban J connectivity index is 2.92. The lowest BCUT2D eigenvalue weighted by molar-refractivity contribution is -0.138. The van der Waals surface area contributed by atoms with E-state index in [1.54, 1.807) is 0 Å². The van der Waals surface area contributed by atoms with Gasteiger partial charge >= 0.3 is 12.4 Å². The molecule has 2 rings (SSSR count). The molecule has 0 amide bonds. The van der Waals surface area contributed by atoms with E-state index < -0.39 is 39.4 Å². The van der Waals surface area contributed by atoms with Gasteiger partial charge in [0.1, 0.15) is 5.15 Å². The zero-order chi connectivity index (χ0) is 14.4. The number of aromatic nitrogens is 1. The summed E-state index contributed by atoms with van der Waals surface area (Å²) in [5.41, 5.74) is -2.49. The standard InChI is InChI=1S/C11H4ClF6N/c12-9-8-5(7(4-19-9)11(16,17)18)2-1-3-6(8)10(13,14)15/h1-4H. The molecular formula is C11H4ClF6N. The van der Waals surface area contributed by atoms with Gasteiger partial charge in [-0.2, -0.15) is 26.3 Å². The number of hydrogen-bond donors (Lipinski definition) is 0. The van der Waals surface area contributed by atoms with Crippen LogP contribution in [-0.4, -0.2) is 4.98 Å². The molecule has 0 bridgehead atoms. The molecule has 0 fully saturated rings. The lowest BCUT2D eigenvalue weighted by Crippen LogP contribution is -2.10. The van der Waals surface area contributed by atoms with Crippen molar-refractivity contribution in [2.24, 2.45) is 0 Å². The van der Waals surface area contributed by atoms with Gasteiger partial charge in [-0.1, -0.05) is 23.7 Å². The Morgan fingerprint density at radius 1 is 0.895 bits per heavy atom. The molecule has 0 unspecified atom stereocenters. The largest absolute Gasteiger partial charge is 0.418 e. The maximum Gasteiger partial charge on any atom is 0.418 e. The lowest BCUT2D eigenvalue weighted by Gasteiger charge is -2.15. The number of alkyl halides is 6. The predicted octanol–water partition coefficient (Wildman–Crippen LogP) is 4.93. The molecule has 0 aliphatic rings. The van der Waals surface area contributed by atoms with Crippen molar-refractivity contribution in [3.05, 3.63) is 40.7 Å². The third kappa shape index (κ3) is 2.47. The van der Waals surface area contributed by atoms with Crippen molar-refractivity contribution in [2.45, 2.75) is 12.4 Å². The summed E-state index contributed by atoms with van der Waals surface area (Å²) in [6.45, 7) is 0. The first kappa shape index (κ1) is 13.9. The van der Waals surface area contributed by atoms with Crippen LogP contribution in [0.5, 0.6) is 0 Å². The minimum absolute atomic E-state index is 0.421. The van der Waals surface area contributed by atoms with Gasteiger partial charge in [-0.05, 0) is 11.5 Å². The van der Waals surface area contributed by atoms with Crippen LogP contribution in [0.3, 0.4) is 0 Å². The zero-order valence-electron chi connectivity index (χ0n) is 8.90. The molecule has 1 heterocycles. The molecule has 1 aromatic carbocycles. The quantitative estimate of drug-likeness (QED) is 0.497. The number of nitrogens with zero attached hydrogens (tertiary/aromatic N) is 1. The highest BCUT2D eigenvalue weighted by molar-refractivity contribution is 6.34. The maximum atomic E-state index is 12.8. The summed E-state index contributed by atoms with van der Waals surface area (Å²) in [5.74, 6) is 0. The van der Waals surface area contributed by atoms with E-state index in [1.165, 1.54) is 0 Å². The predicted molar refractivity (Wildman–Crippen MR) is 56.8 cm³/mol. The topological polar surface area (TPSA) is 12.9 Å². The van der Waals surface area contributed by atoms with Crippen molar-refractivity contribution in [1.82, 2.24) is 4.98 Å². The summed E-state index contributed by atoms with van der Waals surface area (Å²) in [6.07, 6.45) is -9.19. The number of fused-ring (bicyclic) bond motifs is 1. The molecule has 0 N–H and O–H groups in total. The van der Waals surface area contributed by atoms with Gasteiger partial charge in [0.2, 0.25) is 0 Å². The van der Waals surface area contributed by atoms with E-state index in [4.69, 9.17) is 11.6 Å². The second-order valence-corrected chi connectivity index (χ2v) is 4.04. The first-order chi connectivity index (χ1) is 8.62. The Morgan fingerprint density at radius 2 is 1.47 bits per heavy atom. The van der Waals surface area contributed by atoms with Crippen LogP contribution in [0.15, 0.2) is 24.4 Å². The fraction of sp³-hybridized carbons (Fsp3) is 0.182. The molecule has 0 aliphatic carbocycles. The minimum Gasteiger partial charge on any atom is -0.243 e. The molecule has 0 radical (unpaired) electrons. The third-order valence-electron chi connectivity index (χ3n) is 2.48. The minimum atomic E-state index is -4.81. The van der Waals surface area contributed by atoms with Crippen molar-refractivity contribution in [3.8, 4) is 0 Å². The Morgan fingerprint density at radius 3 is 2.00 bits per heavy atom. The van der Waals surface area contributed by atoms with Crippen molar-refractivity contribution < 1.29 is 26.3 Å². The van der Waals surface area contributed by atoms with Crippen molar-refractivity contribution >= 4 is 22.4 Å². The van der Waals surface area contributed by atoms with Gasteiger partial charge in [0.05, 0.1) is 11.1 Å². The molecule has 0 aliphatic heterocycles. The normalized spacial score (nSPS) is 13.0. The van der Waals surface area contributed by atoms with E-state index in [0.29, 0.717) is 12.3 Å². The summed E-state index contributed by atoms with van der Waals surface area (Å²) in [6, 6.07) is 2.49. The SMILES string of the molecule is FC(F)(F)c1cnc(Cl)c2c(C(F)(F)F)cccc12. The van der Waals surface area contributed by atoms with Crippen LogP contribution in [0.1, 0.15) is 11.1 Å². The van der Waals surface area contributed by atoms with Crippen LogP contribution in [0.25, 0.3) is 10.8 Å². The molecule has 0 saturated carbocycles. The monoisotopic (exact) mass is 299 g/mol. The summed E-state index contributed by atoms with van der Waals surface area (Å²) >= 11 is 5.51. The van der Waals surface area contributed by atoms with E-state index in [1.807, 2.05) is 0 Å². The van der Waals surface area contributed by atoms with Crippen LogP contribution in [0.2, 0.25) is 5.15 Å². The molecule has 102 valence electrons. The number of halogens is 7. The second-order valence-electron chi connectivity index (χ2n) is 3.69. The highest BCUT2D eigenvalue weighted by atomic mass is 35.5. The number of benzene rings is 1. The highest BCUT2D eigenvalue weighted by Gasteiger charge is 2.37. The van der Waals surface area contributed by atoms with E-state index in [0.717, 1.165) is 12.1 Å². The Kier molecular flexibility index (Phi) is 3.12. The van der Waals surface area contributed by atoms with Gasteiger partial charge in [-0.25, -0.2) is 4.98 Å². The molecular weight excluding hydrogens is 296 g/mol. The van der Waals surface area contributed by atoms with Gasteiger partial charge in [0.25, 0.3) is 0 Å².